The van der Waals surface area contributed by atoms with Crippen LogP contribution in [0.3, 0.4) is 0 Å². The van der Waals surface area contributed by atoms with Gasteiger partial charge in [-0.05, 0) is 37.0 Å². The molecule has 2 atom stereocenters. The van der Waals surface area contributed by atoms with Crippen LogP contribution in [-0.2, 0) is 10.9 Å². The van der Waals surface area contributed by atoms with Crippen LogP contribution >= 0.6 is 0 Å². The molecular weight excluding hydrogens is 347 g/mol. The Balaban J connectivity index is 1.39. The van der Waals surface area contributed by atoms with Crippen LogP contribution in [0.5, 0.6) is 0 Å². The van der Waals surface area contributed by atoms with E-state index in [1.807, 2.05) is 0 Å². The van der Waals surface area contributed by atoms with Crippen LogP contribution < -0.4 is 5.32 Å². The summed E-state index contributed by atoms with van der Waals surface area (Å²) in [6.07, 6.45) is -1.93. The van der Waals surface area contributed by atoms with E-state index in [2.05, 4.69) is 10.2 Å². The van der Waals surface area contributed by atoms with Gasteiger partial charge in [-0.25, -0.2) is 4.79 Å². The van der Waals surface area contributed by atoms with Crippen molar-refractivity contribution in [3.63, 3.8) is 0 Å². The third-order valence-corrected chi connectivity index (χ3v) is 5.45. The summed E-state index contributed by atoms with van der Waals surface area (Å²) in [4.78, 5) is 16.6. The van der Waals surface area contributed by atoms with Crippen LogP contribution in [0.4, 0.5) is 23.7 Å². The van der Waals surface area contributed by atoms with Gasteiger partial charge in [0.1, 0.15) is 0 Å². The molecule has 0 spiro atoms. The van der Waals surface area contributed by atoms with E-state index in [1.54, 1.807) is 4.90 Å². The molecule has 0 aromatic heterocycles. The zero-order valence-corrected chi connectivity index (χ0v) is 14.3. The number of hydrogen-bond donors (Lipinski definition) is 1. The molecule has 8 heteroatoms. The van der Waals surface area contributed by atoms with Crippen molar-refractivity contribution in [2.75, 3.05) is 38.2 Å². The number of morpholine rings is 1. The minimum atomic E-state index is -4.43. The largest absolute Gasteiger partial charge is 0.416 e. The second kappa shape index (κ2) is 6.74. The van der Waals surface area contributed by atoms with Crippen molar-refractivity contribution in [3.8, 4) is 0 Å². The maximum absolute atomic E-state index is 12.8. The molecule has 142 valence electrons. The molecule has 1 aliphatic carbocycles. The number of amides is 2. The Kier molecular flexibility index (Phi) is 4.56. The number of carbonyl (C=O) groups is 1. The van der Waals surface area contributed by atoms with E-state index in [0.29, 0.717) is 31.7 Å². The Morgan fingerprint density at radius 3 is 2.73 bits per heavy atom. The van der Waals surface area contributed by atoms with E-state index >= 15 is 0 Å². The van der Waals surface area contributed by atoms with Crippen molar-refractivity contribution in [1.29, 1.82) is 0 Å². The average molecular weight is 369 g/mol. The predicted octanol–water partition coefficient (Wildman–Crippen LogP) is 3.03. The smallest absolute Gasteiger partial charge is 0.378 e. The van der Waals surface area contributed by atoms with Crippen LogP contribution in [0, 0.1) is 5.92 Å². The molecule has 3 aliphatic rings. The maximum Gasteiger partial charge on any atom is 0.416 e. The summed E-state index contributed by atoms with van der Waals surface area (Å²) in [5, 5.41) is 2.59. The zero-order chi connectivity index (χ0) is 18.3. The first kappa shape index (κ1) is 17.6. The van der Waals surface area contributed by atoms with Gasteiger partial charge in [-0.15, -0.1) is 0 Å². The Hall–Kier alpha value is -1.80. The number of urea groups is 1. The van der Waals surface area contributed by atoms with Crippen molar-refractivity contribution < 1.29 is 22.7 Å². The van der Waals surface area contributed by atoms with E-state index in [9.17, 15) is 18.0 Å². The van der Waals surface area contributed by atoms with Gasteiger partial charge in [0.2, 0.25) is 0 Å². The van der Waals surface area contributed by atoms with Crippen LogP contribution in [0.2, 0.25) is 0 Å². The van der Waals surface area contributed by atoms with Crippen LogP contribution in [0.25, 0.3) is 0 Å². The lowest BCUT2D eigenvalue weighted by atomic mass is 10.0. The summed E-state index contributed by atoms with van der Waals surface area (Å²) in [5.41, 5.74) is -0.615. The van der Waals surface area contributed by atoms with Crippen molar-refractivity contribution in [1.82, 2.24) is 9.80 Å². The van der Waals surface area contributed by atoms with Crippen molar-refractivity contribution in [2.24, 2.45) is 5.92 Å². The number of benzene rings is 1. The second-order valence-electron chi connectivity index (χ2n) is 7.29. The van der Waals surface area contributed by atoms with E-state index in [1.165, 1.54) is 25.0 Å². The summed E-state index contributed by atoms with van der Waals surface area (Å²) in [7, 11) is 0. The van der Waals surface area contributed by atoms with Crippen molar-refractivity contribution in [3.05, 3.63) is 29.8 Å². The molecule has 3 fully saturated rings. The van der Waals surface area contributed by atoms with E-state index in [4.69, 9.17) is 4.74 Å². The normalized spacial score (nSPS) is 27.1. The first-order valence-corrected chi connectivity index (χ1v) is 8.98. The molecule has 2 saturated heterocycles. The molecule has 2 aliphatic heterocycles. The highest BCUT2D eigenvalue weighted by Crippen LogP contribution is 2.38. The number of halogens is 3. The number of alkyl halides is 3. The van der Waals surface area contributed by atoms with Crippen molar-refractivity contribution >= 4 is 11.7 Å². The van der Waals surface area contributed by atoms with E-state index in [0.717, 1.165) is 25.3 Å². The van der Waals surface area contributed by atoms with Gasteiger partial charge in [-0.1, -0.05) is 6.07 Å². The van der Waals surface area contributed by atoms with Gasteiger partial charge in [0.15, 0.2) is 0 Å². The Morgan fingerprint density at radius 2 is 2.00 bits per heavy atom. The number of nitrogens with one attached hydrogen (secondary N) is 1. The highest BCUT2D eigenvalue weighted by Gasteiger charge is 2.43. The molecule has 1 aromatic carbocycles. The number of ether oxygens (including phenoxy) is 1. The first-order chi connectivity index (χ1) is 12.4. The standard InChI is InChI=1S/C18H22F3N3O2/c19-18(20,21)13-2-1-3-14(8-13)22-17(25)23-6-7-24-15(9-23)10-26-11-16(24)12-4-5-12/h1-3,8,12,15-16H,4-7,9-11H2,(H,22,25)/t15-,16-/m1/s1. The molecule has 0 bridgehead atoms. The lowest BCUT2D eigenvalue weighted by Crippen LogP contribution is -2.63. The maximum atomic E-state index is 12.8. The number of rotatable bonds is 2. The Morgan fingerprint density at radius 1 is 1.19 bits per heavy atom. The van der Waals surface area contributed by atoms with Gasteiger partial charge in [0, 0.05) is 31.4 Å². The molecule has 26 heavy (non-hydrogen) atoms. The summed E-state index contributed by atoms with van der Waals surface area (Å²) in [6, 6.07) is 4.96. The monoisotopic (exact) mass is 369 g/mol. The molecule has 1 saturated carbocycles. The molecule has 2 heterocycles. The fourth-order valence-corrected chi connectivity index (χ4v) is 3.92. The quantitative estimate of drug-likeness (QED) is 0.872. The molecule has 1 N–H and O–H groups in total. The minimum absolute atomic E-state index is 0.156. The van der Waals surface area contributed by atoms with Gasteiger partial charge >= 0.3 is 12.2 Å². The lowest BCUT2D eigenvalue weighted by molar-refractivity contribution is -0.137. The molecule has 0 unspecified atom stereocenters. The topological polar surface area (TPSA) is 44.8 Å². The summed E-state index contributed by atoms with van der Waals surface area (Å²) in [6.45, 7) is 3.25. The summed E-state index contributed by atoms with van der Waals surface area (Å²) in [5.74, 6) is 0.711. The van der Waals surface area contributed by atoms with Gasteiger partial charge in [0.05, 0.1) is 24.8 Å². The van der Waals surface area contributed by atoms with Gasteiger partial charge in [-0.2, -0.15) is 13.2 Å². The SMILES string of the molecule is O=C(Nc1cccc(C(F)(F)F)c1)N1CCN2[C@@H](COC[C@@H]2C2CC2)C1. The third-order valence-electron chi connectivity index (χ3n) is 5.45. The van der Waals surface area contributed by atoms with E-state index < -0.39 is 11.7 Å². The lowest BCUT2D eigenvalue weighted by Gasteiger charge is -2.48. The second-order valence-corrected chi connectivity index (χ2v) is 7.29. The third kappa shape index (κ3) is 3.66. The highest BCUT2D eigenvalue weighted by molar-refractivity contribution is 5.89. The number of carbonyl (C=O) groups excluding carboxylic acids is 1. The fraction of sp³-hybridized carbons (Fsp3) is 0.611. The highest BCUT2D eigenvalue weighted by atomic mass is 19.4. The molecule has 5 nitrogen and oxygen atoms in total. The predicted molar refractivity (Wildman–Crippen MR) is 89.9 cm³/mol. The number of fused-ring (bicyclic) bond motifs is 1. The fourth-order valence-electron chi connectivity index (χ4n) is 3.92. The molecule has 1 aromatic rings. The van der Waals surface area contributed by atoms with Crippen molar-refractivity contribution in [2.45, 2.75) is 31.1 Å². The summed E-state index contributed by atoms with van der Waals surface area (Å²) < 4.78 is 44.2. The van der Waals surface area contributed by atoms with Gasteiger partial charge < -0.3 is 15.0 Å². The Labute approximate surface area is 150 Å². The molecule has 4 rings (SSSR count). The minimum Gasteiger partial charge on any atom is -0.378 e. The van der Waals surface area contributed by atoms with Crippen LogP contribution in [0.1, 0.15) is 18.4 Å². The van der Waals surface area contributed by atoms with E-state index in [-0.39, 0.29) is 17.8 Å². The number of piperazine rings is 1. The number of nitrogens with zero attached hydrogens (tertiary/aromatic N) is 2. The van der Waals surface area contributed by atoms with Crippen LogP contribution in [0.15, 0.2) is 24.3 Å². The Bertz CT molecular complexity index is 678. The van der Waals surface area contributed by atoms with Crippen LogP contribution in [-0.4, -0.2) is 60.8 Å². The molecular formula is C18H22F3N3O2. The number of anilines is 1. The van der Waals surface area contributed by atoms with Gasteiger partial charge in [-0.3, -0.25) is 4.90 Å². The zero-order valence-electron chi connectivity index (χ0n) is 14.3. The average Bonchev–Trinajstić information content (AvgIpc) is 3.45. The molecule has 0 radical (unpaired) electrons. The van der Waals surface area contributed by atoms with Gasteiger partial charge in [0.25, 0.3) is 0 Å². The molecule has 2 amide bonds. The summed E-state index contributed by atoms with van der Waals surface area (Å²) >= 11 is 0. The number of hydrogen-bond acceptors (Lipinski definition) is 3. The first-order valence-electron chi connectivity index (χ1n) is 8.98.